The van der Waals surface area contributed by atoms with Crippen molar-refractivity contribution in [3.63, 3.8) is 0 Å². The molecule has 0 radical (unpaired) electrons. The molecule has 0 aliphatic heterocycles. The maximum atomic E-state index is 11.9. The number of amides is 1. The van der Waals surface area contributed by atoms with Crippen molar-refractivity contribution in [3.8, 4) is 0 Å². The molecule has 1 amide bonds. The third kappa shape index (κ3) is 3.65. The number of nitrogen functional groups attached to an aromatic ring is 1. The number of carbonyl (C=O) groups is 1. The molecule has 0 aromatic heterocycles. The van der Waals surface area contributed by atoms with Crippen LogP contribution in [-0.4, -0.2) is 12.5 Å². The summed E-state index contributed by atoms with van der Waals surface area (Å²) in [7, 11) is 0. The van der Waals surface area contributed by atoms with Crippen LogP contribution in [0, 0.1) is 0 Å². The van der Waals surface area contributed by atoms with Crippen LogP contribution >= 0.6 is 23.2 Å². The second-order valence-electron chi connectivity index (χ2n) is 4.33. The monoisotopic (exact) mass is 308 g/mol. The Bertz CT molecular complexity index is 629. The van der Waals surface area contributed by atoms with Gasteiger partial charge in [0.05, 0.1) is 5.56 Å². The molecule has 3 nitrogen and oxygen atoms in total. The molecular formula is C15H14Cl2N2O. The standard InChI is InChI=1S/C15H14Cl2N2O/c16-11-6-5-10(13(17)9-11)7-8-19-15(20)12-3-1-2-4-14(12)18/h1-6,9H,7-8,18H2,(H,19,20). The van der Waals surface area contributed by atoms with E-state index in [1.807, 2.05) is 6.07 Å². The van der Waals surface area contributed by atoms with Crippen molar-refractivity contribution in [1.29, 1.82) is 0 Å². The van der Waals surface area contributed by atoms with Gasteiger partial charge in [-0.25, -0.2) is 0 Å². The molecule has 0 saturated carbocycles. The Kier molecular flexibility index (Phi) is 4.88. The van der Waals surface area contributed by atoms with Crippen LogP contribution in [0.3, 0.4) is 0 Å². The van der Waals surface area contributed by atoms with Gasteiger partial charge in [-0.1, -0.05) is 41.4 Å². The zero-order chi connectivity index (χ0) is 14.5. The molecule has 20 heavy (non-hydrogen) atoms. The minimum atomic E-state index is -0.187. The number of carbonyl (C=O) groups excluding carboxylic acids is 1. The molecule has 0 fully saturated rings. The number of rotatable bonds is 4. The minimum absolute atomic E-state index is 0.187. The minimum Gasteiger partial charge on any atom is -0.398 e. The summed E-state index contributed by atoms with van der Waals surface area (Å²) in [5.74, 6) is -0.187. The SMILES string of the molecule is Nc1ccccc1C(=O)NCCc1ccc(Cl)cc1Cl. The van der Waals surface area contributed by atoms with Crippen LogP contribution in [0.15, 0.2) is 42.5 Å². The van der Waals surface area contributed by atoms with E-state index >= 15 is 0 Å². The van der Waals surface area contributed by atoms with Gasteiger partial charge >= 0.3 is 0 Å². The summed E-state index contributed by atoms with van der Waals surface area (Å²) < 4.78 is 0. The maximum Gasteiger partial charge on any atom is 0.253 e. The topological polar surface area (TPSA) is 55.1 Å². The van der Waals surface area contributed by atoms with Crippen LogP contribution < -0.4 is 11.1 Å². The molecule has 2 aromatic carbocycles. The van der Waals surface area contributed by atoms with Crippen LogP contribution in [0.25, 0.3) is 0 Å². The maximum absolute atomic E-state index is 11.9. The van der Waals surface area contributed by atoms with E-state index in [4.69, 9.17) is 28.9 Å². The van der Waals surface area contributed by atoms with Gasteiger partial charge in [-0.2, -0.15) is 0 Å². The van der Waals surface area contributed by atoms with E-state index in [1.165, 1.54) is 0 Å². The van der Waals surface area contributed by atoms with Gasteiger partial charge < -0.3 is 11.1 Å². The summed E-state index contributed by atoms with van der Waals surface area (Å²) in [4.78, 5) is 11.9. The molecule has 0 spiro atoms. The van der Waals surface area contributed by atoms with Crippen molar-refractivity contribution in [2.75, 3.05) is 12.3 Å². The highest BCUT2D eigenvalue weighted by Crippen LogP contribution is 2.21. The fraction of sp³-hybridized carbons (Fsp3) is 0.133. The van der Waals surface area contributed by atoms with E-state index in [2.05, 4.69) is 5.32 Å². The smallest absolute Gasteiger partial charge is 0.253 e. The highest BCUT2D eigenvalue weighted by molar-refractivity contribution is 6.35. The summed E-state index contributed by atoms with van der Waals surface area (Å²) >= 11 is 11.9. The predicted octanol–water partition coefficient (Wildman–Crippen LogP) is 3.55. The van der Waals surface area contributed by atoms with E-state index in [9.17, 15) is 4.79 Å². The third-order valence-corrected chi connectivity index (χ3v) is 3.49. The first kappa shape index (κ1) is 14.7. The van der Waals surface area contributed by atoms with Gasteiger partial charge in [-0.15, -0.1) is 0 Å². The highest BCUT2D eigenvalue weighted by atomic mass is 35.5. The van der Waals surface area contributed by atoms with E-state index in [0.29, 0.717) is 34.3 Å². The molecule has 0 heterocycles. The highest BCUT2D eigenvalue weighted by Gasteiger charge is 2.08. The van der Waals surface area contributed by atoms with Gasteiger partial charge in [0.1, 0.15) is 0 Å². The van der Waals surface area contributed by atoms with Crippen LogP contribution in [-0.2, 0) is 6.42 Å². The summed E-state index contributed by atoms with van der Waals surface area (Å²) in [6, 6.07) is 12.3. The van der Waals surface area contributed by atoms with E-state index in [-0.39, 0.29) is 5.91 Å². The summed E-state index contributed by atoms with van der Waals surface area (Å²) in [5.41, 5.74) is 7.64. The second kappa shape index (κ2) is 6.64. The summed E-state index contributed by atoms with van der Waals surface area (Å²) in [6.45, 7) is 0.481. The molecule has 2 rings (SSSR count). The van der Waals surface area contributed by atoms with Gasteiger partial charge in [0.25, 0.3) is 5.91 Å². The Hall–Kier alpha value is -1.71. The lowest BCUT2D eigenvalue weighted by atomic mass is 10.1. The van der Waals surface area contributed by atoms with Crippen LogP contribution in [0.5, 0.6) is 0 Å². The number of anilines is 1. The van der Waals surface area contributed by atoms with Gasteiger partial charge in [-0.05, 0) is 36.2 Å². The van der Waals surface area contributed by atoms with Crippen molar-refractivity contribution in [3.05, 3.63) is 63.6 Å². The Balaban J connectivity index is 1.93. The van der Waals surface area contributed by atoms with Crippen molar-refractivity contribution >= 4 is 34.8 Å². The predicted molar refractivity (Wildman–Crippen MR) is 83.4 cm³/mol. The van der Waals surface area contributed by atoms with Crippen LogP contribution in [0.4, 0.5) is 5.69 Å². The molecule has 2 aromatic rings. The number of nitrogens with one attached hydrogen (secondary N) is 1. The molecule has 104 valence electrons. The molecule has 0 atom stereocenters. The number of para-hydroxylation sites is 1. The first-order valence-corrected chi connectivity index (χ1v) is 6.90. The van der Waals surface area contributed by atoms with E-state index in [0.717, 1.165) is 5.56 Å². The normalized spacial score (nSPS) is 10.3. The Morgan fingerprint density at radius 2 is 1.90 bits per heavy atom. The Morgan fingerprint density at radius 1 is 1.15 bits per heavy atom. The van der Waals surface area contributed by atoms with Gasteiger partial charge in [0.15, 0.2) is 0 Å². The van der Waals surface area contributed by atoms with Crippen molar-refractivity contribution in [1.82, 2.24) is 5.32 Å². The zero-order valence-corrected chi connectivity index (χ0v) is 12.2. The fourth-order valence-electron chi connectivity index (χ4n) is 1.83. The first-order chi connectivity index (χ1) is 9.58. The van der Waals surface area contributed by atoms with Gasteiger partial charge in [0.2, 0.25) is 0 Å². The average molecular weight is 309 g/mol. The number of nitrogens with two attached hydrogens (primary N) is 1. The summed E-state index contributed by atoms with van der Waals surface area (Å²) in [5, 5.41) is 4.02. The number of benzene rings is 2. The number of hydrogen-bond acceptors (Lipinski definition) is 2. The molecule has 0 bridgehead atoms. The second-order valence-corrected chi connectivity index (χ2v) is 5.17. The summed E-state index contributed by atoms with van der Waals surface area (Å²) in [6.07, 6.45) is 0.633. The zero-order valence-electron chi connectivity index (χ0n) is 10.7. The van der Waals surface area contributed by atoms with Gasteiger partial charge in [-0.3, -0.25) is 4.79 Å². The van der Waals surface area contributed by atoms with E-state index < -0.39 is 0 Å². The first-order valence-electron chi connectivity index (χ1n) is 6.14. The fourth-order valence-corrected chi connectivity index (χ4v) is 2.34. The van der Waals surface area contributed by atoms with Crippen molar-refractivity contribution < 1.29 is 4.79 Å². The lowest BCUT2D eigenvalue weighted by Crippen LogP contribution is -2.26. The van der Waals surface area contributed by atoms with Gasteiger partial charge in [0, 0.05) is 22.3 Å². The molecule has 5 heteroatoms. The molecule has 0 aliphatic carbocycles. The van der Waals surface area contributed by atoms with Crippen LogP contribution in [0.2, 0.25) is 10.0 Å². The molecule has 3 N–H and O–H groups in total. The number of hydrogen-bond donors (Lipinski definition) is 2. The molecular weight excluding hydrogens is 295 g/mol. The number of halogens is 2. The quantitative estimate of drug-likeness (QED) is 0.849. The average Bonchev–Trinajstić information content (AvgIpc) is 2.41. The molecule has 0 aliphatic rings. The van der Waals surface area contributed by atoms with Crippen LogP contribution in [0.1, 0.15) is 15.9 Å². The lowest BCUT2D eigenvalue weighted by molar-refractivity contribution is 0.0955. The lowest BCUT2D eigenvalue weighted by Gasteiger charge is -2.08. The third-order valence-electron chi connectivity index (χ3n) is 2.90. The van der Waals surface area contributed by atoms with Crippen molar-refractivity contribution in [2.45, 2.75) is 6.42 Å². The van der Waals surface area contributed by atoms with E-state index in [1.54, 1.807) is 36.4 Å². The Labute approximate surface area is 127 Å². The largest absolute Gasteiger partial charge is 0.398 e. The van der Waals surface area contributed by atoms with Crippen molar-refractivity contribution in [2.24, 2.45) is 0 Å². The molecule has 0 saturated heterocycles. The Morgan fingerprint density at radius 3 is 2.60 bits per heavy atom. The molecule has 0 unspecified atom stereocenters.